The van der Waals surface area contributed by atoms with Crippen LogP contribution in [0.3, 0.4) is 0 Å². The predicted molar refractivity (Wildman–Crippen MR) is 124 cm³/mol. The van der Waals surface area contributed by atoms with Crippen molar-refractivity contribution in [1.29, 1.82) is 0 Å². The highest BCUT2D eigenvalue weighted by atomic mass is 15.0. The first kappa shape index (κ1) is 20.5. The number of hydrogen-bond acceptors (Lipinski definition) is 1. The third kappa shape index (κ3) is 3.43. The molecule has 0 aliphatic heterocycles. The maximum atomic E-state index is 3.88. The molecular weight excluding hydrogens is 338 g/mol. The van der Waals surface area contributed by atoms with Crippen LogP contribution in [-0.2, 0) is 5.54 Å². The minimum Gasteiger partial charge on any atom is -0.376 e. The van der Waals surface area contributed by atoms with Crippen LogP contribution in [0.5, 0.6) is 0 Å². The Labute approximate surface area is 171 Å². The number of anilines is 1. The van der Waals surface area contributed by atoms with Crippen LogP contribution < -0.4 is 5.32 Å². The lowest BCUT2D eigenvalue weighted by Crippen LogP contribution is -2.30. The van der Waals surface area contributed by atoms with Crippen LogP contribution in [0, 0.1) is 26.7 Å². The molecule has 2 aromatic rings. The minimum absolute atomic E-state index is 0.182. The molecule has 148 valence electrons. The van der Waals surface area contributed by atoms with E-state index in [9.17, 15) is 0 Å². The number of rotatable bonds is 4. The molecule has 0 aromatic heterocycles. The fraction of sp³-hybridized carbons (Fsp3) is 0.407. The summed E-state index contributed by atoms with van der Waals surface area (Å²) in [6, 6.07) is 13.5. The van der Waals surface area contributed by atoms with E-state index < -0.39 is 0 Å². The van der Waals surface area contributed by atoms with E-state index in [1.807, 2.05) is 0 Å². The summed E-state index contributed by atoms with van der Waals surface area (Å²) in [5.74, 6) is 0.472. The summed E-state index contributed by atoms with van der Waals surface area (Å²) in [4.78, 5) is 0. The Morgan fingerprint density at radius 2 is 1.39 bits per heavy atom. The van der Waals surface area contributed by atoms with Crippen LogP contribution in [-0.4, -0.2) is 0 Å². The molecule has 0 bridgehead atoms. The van der Waals surface area contributed by atoms with Gasteiger partial charge in [0, 0.05) is 11.6 Å². The van der Waals surface area contributed by atoms with Crippen LogP contribution in [0.2, 0.25) is 0 Å². The summed E-state index contributed by atoms with van der Waals surface area (Å²) < 4.78 is 0. The van der Waals surface area contributed by atoms with Gasteiger partial charge in [0.05, 0.1) is 5.54 Å². The van der Waals surface area contributed by atoms with Gasteiger partial charge in [0.2, 0.25) is 0 Å². The summed E-state index contributed by atoms with van der Waals surface area (Å²) in [6.45, 7) is 20.3. The third-order valence-corrected chi connectivity index (χ3v) is 6.65. The fourth-order valence-electron chi connectivity index (χ4n) is 4.82. The number of hydrogen-bond donors (Lipinski definition) is 1. The molecule has 28 heavy (non-hydrogen) atoms. The highest BCUT2D eigenvalue weighted by Gasteiger charge is 2.31. The molecule has 0 radical (unpaired) electrons. The lowest BCUT2D eigenvalue weighted by molar-refractivity contribution is 0.605. The van der Waals surface area contributed by atoms with Gasteiger partial charge in [0.1, 0.15) is 0 Å². The summed E-state index contributed by atoms with van der Waals surface area (Å²) in [7, 11) is 0. The standard InChI is InChI=1S/C27H35N/c1-16-14-17(2)26(18(3)15-16)28-27(8,9)24-13-11-10-12-23(24)25-21(6)19(4)20(5)22(25)7/h10-15,21,28H,1-9H3. The Morgan fingerprint density at radius 3 is 1.93 bits per heavy atom. The third-order valence-electron chi connectivity index (χ3n) is 6.65. The van der Waals surface area contributed by atoms with Crippen molar-refractivity contribution in [1.82, 2.24) is 0 Å². The monoisotopic (exact) mass is 373 g/mol. The van der Waals surface area contributed by atoms with Gasteiger partial charge in [-0.2, -0.15) is 0 Å². The molecule has 0 spiro atoms. The zero-order valence-electron chi connectivity index (χ0n) is 19.0. The molecule has 0 fully saturated rings. The van der Waals surface area contributed by atoms with E-state index >= 15 is 0 Å². The van der Waals surface area contributed by atoms with Crippen LogP contribution in [0.1, 0.15) is 69.4 Å². The summed E-state index contributed by atoms with van der Waals surface area (Å²) in [6.07, 6.45) is 0. The summed E-state index contributed by atoms with van der Waals surface area (Å²) in [5.41, 5.74) is 13.6. The molecule has 0 heterocycles. The van der Waals surface area contributed by atoms with Gasteiger partial charge >= 0.3 is 0 Å². The second-order valence-electron chi connectivity index (χ2n) is 9.14. The predicted octanol–water partition coefficient (Wildman–Crippen LogP) is 7.72. The van der Waals surface area contributed by atoms with E-state index in [0.29, 0.717) is 5.92 Å². The zero-order chi connectivity index (χ0) is 20.8. The smallest absolute Gasteiger partial charge is 0.0575 e. The average molecular weight is 374 g/mol. The Morgan fingerprint density at radius 1 is 0.821 bits per heavy atom. The van der Waals surface area contributed by atoms with Gasteiger partial charge in [-0.05, 0) is 94.4 Å². The highest BCUT2D eigenvalue weighted by molar-refractivity contribution is 5.82. The zero-order valence-corrected chi connectivity index (χ0v) is 19.0. The molecule has 1 atom stereocenters. The largest absolute Gasteiger partial charge is 0.376 e. The average Bonchev–Trinajstić information content (AvgIpc) is 2.81. The summed E-state index contributed by atoms with van der Waals surface area (Å²) >= 11 is 0. The molecule has 1 heteroatoms. The molecule has 0 saturated carbocycles. The van der Waals surface area contributed by atoms with Crippen molar-refractivity contribution >= 4 is 11.3 Å². The Bertz CT molecular complexity index is 962. The van der Waals surface area contributed by atoms with Crippen molar-refractivity contribution in [2.24, 2.45) is 5.92 Å². The number of nitrogens with one attached hydrogen (secondary N) is 1. The first-order valence-corrected chi connectivity index (χ1v) is 10.4. The minimum atomic E-state index is -0.182. The lowest BCUT2D eigenvalue weighted by Gasteiger charge is -2.33. The van der Waals surface area contributed by atoms with Crippen LogP contribution in [0.25, 0.3) is 5.57 Å². The Kier molecular flexibility index (Phi) is 5.32. The van der Waals surface area contributed by atoms with Gasteiger partial charge in [-0.25, -0.2) is 0 Å². The van der Waals surface area contributed by atoms with E-state index in [4.69, 9.17) is 0 Å². The number of aryl methyl sites for hydroxylation is 3. The van der Waals surface area contributed by atoms with Crippen molar-refractivity contribution < 1.29 is 0 Å². The first-order valence-electron chi connectivity index (χ1n) is 10.4. The van der Waals surface area contributed by atoms with E-state index in [-0.39, 0.29) is 5.54 Å². The van der Waals surface area contributed by atoms with E-state index in [2.05, 4.69) is 104 Å². The van der Waals surface area contributed by atoms with Gasteiger partial charge in [-0.3, -0.25) is 0 Å². The van der Waals surface area contributed by atoms with Gasteiger partial charge < -0.3 is 5.32 Å². The molecule has 3 rings (SSSR count). The van der Waals surface area contributed by atoms with Crippen molar-refractivity contribution in [2.75, 3.05) is 5.32 Å². The normalized spacial score (nSPS) is 17.5. The van der Waals surface area contributed by atoms with Crippen molar-refractivity contribution in [2.45, 2.75) is 67.9 Å². The molecule has 1 unspecified atom stereocenters. The maximum absolute atomic E-state index is 3.88. The highest BCUT2D eigenvalue weighted by Crippen LogP contribution is 2.45. The van der Waals surface area contributed by atoms with Crippen LogP contribution >= 0.6 is 0 Å². The number of allylic oxidation sites excluding steroid dienone is 4. The van der Waals surface area contributed by atoms with E-state index in [1.54, 1.807) is 0 Å². The Balaban J connectivity index is 2.09. The van der Waals surface area contributed by atoms with Gasteiger partial charge in [-0.15, -0.1) is 0 Å². The SMILES string of the molecule is CC1=C(C)C(C)C(c2ccccc2C(C)(C)Nc2c(C)cc(C)cc2C)=C1C. The molecule has 1 aliphatic rings. The van der Waals surface area contributed by atoms with Gasteiger partial charge in [0.15, 0.2) is 0 Å². The topological polar surface area (TPSA) is 12.0 Å². The molecule has 0 amide bonds. The molecule has 2 aromatic carbocycles. The fourth-order valence-corrected chi connectivity index (χ4v) is 4.82. The van der Waals surface area contributed by atoms with Crippen LogP contribution in [0.15, 0.2) is 53.1 Å². The number of benzene rings is 2. The first-order chi connectivity index (χ1) is 13.0. The lowest BCUT2D eigenvalue weighted by atomic mass is 9.82. The molecule has 0 saturated heterocycles. The quantitative estimate of drug-likeness (QED) is 0.578. The van der Waals surface area contributed by atoms with Crippen LogP contribution in [0.4, 0.5) is 5.69 Å². The molecule has 1 nitrogen and oxygen atoms in total. The van der Waals surface area contributed by atoms with Gasteiger partial charge in [0.25, 0.3) is 0 Å². The van der Waals surface area contributed by atoms with Crippen molar-refractivity contribution in [3.05, 3.63) is 80.9 Å². The molecule has 1 aliphatic carbocycles. The molecule has 1 N–H and O–H groups in total. The summed E-state index contributed by atoms with van der Waals surface area (Å²) in [5, 5.41) is 3.88. The second-order valence-corrected chi connectivity index (χ2v) is 9.14. The second kappa shape index (κ2) is 7.28. The Hall–Kier alpha value is -2.28. The van der Waals surface area contributed by atoms with E-state index in [1.165, 1.54) is 55.8 Å². The van der Waals surface area contributed by atoms with E-state index in [0.717, 1.165) is 0 Å². The van der Waals surface area contributed by atoms with Crippen molar-refractivity contribution in [3.63, 3.8) is 0 Å². The van der Waals surface area contributed by atoms with Gasteiger partial charge in [-0.1, -0.05) is 54.5 Å². The van der Waals surface area contributed by atoms with Crippen molar-refractivity contribution in [3.8, 4) is 0 Å². The molecular formula is C27H35N. The maximum Gasteiger partial charge on any atom is 0.0575 e.